The smallest absolute Gasteiger partial charge is 0.295 e. The van der Waals surface area contributed by atoms with Crippen molar-refractivity contribution in [1.29, 1.82) is 0 Å². The van der Waals surface area contributed by atoms with Gasteiger partial charge in [0.05, 0.1) is 22.8 Å². The van der Waals surface area contributed by atoms with Crippen LogP contribution in [0.25, 0.3) is 10.2 Å². The first-order valence-electron chi connectivity index (χ1n) is 8.66. The highest BCUT2D eigenvalue weighted by Gasteiger charge is 2.23. The highest BCUT2D eigenvalue weighted by molar-refractivity contribution is 7.22. The molecule has 8 heteroatoms. The molecule has 0 spiro atoms. The first kappa shape index (κ1) is 17.4. The fourth-order valence-electron chi connectivity index (χ4n) is 2.92. The van der Waals surface area contributed by atoms with Crippen molar-refractivity contribution in [2.24, 2.45) is 5.73 Å². The lowest BCUT2D eigenvalue weighted by Crippen LogP contribution is -2.32. The molecule has 0 bridgehead atoms. The zero-order chi connectivity index (χ0) is 18.6. The molecule has 0 saturated carbocycles. The number of carbonyl (C=O) groups is 1. The largest absolute Gasteiger partial charge is 0.459 e. The summed E-state index contributed by atoms with van der Waals surface area (Å²) < 4.78 is 8.32. The van der Waals surface area contributed by atoms with Crippen LogP contribution >= 0.6 is 11.3 Å². The molecular weight excluding hydrogens is 362 g/mol. The van der Waals surface area contributed by atoms with Gasteiger partial charge in [0.15, 0.2) is 10.9 Å². The molecule has 2 N–H and O–H groups in total. The number of furan rings is 1. The minimum Gasteiger partial charge on any atom is -0.459 e. The van der Waals surface area contributed by atoms with Crippen LogP contribution in [0.4, 0.5) is 5.13 Å². The molecule has 0 aliphatic carbocycles. The van der Waals surface area contributed by atoms with E-state index in [0.29, 0.717) is 24.0 Å². The Hall–Kier alpha value is -2.97. The second kappa shape index (κ2) is 7.73. The maximum atomic E-state index is 13.0. The minimum atomic E-state index is -0.195. The molecule has 0 fully saturated rings. The second-order valence-electron chi connectivity index (χ2n) is 6.05. The van der Waals surface area contributed by atoms with Crippen molar-refractivity contribution in [2.45, 2.75) is 19.5 Å². The van der Waals surface area contributed by atoms with Gasteiger partial charge in [-0.05, 0) is 30.2 Å². The van der Waals surface area contributed by atoms with Gasteiger partial charge in [0.1, 0.15) is 0 Å². The number of carbonyl (C=O) groups excluding carboxylic acids is 1. The van der Waals surface area contributed by atoms with Gasteiger partial charge in [0.25, 0.3) is 5.91 Å². The molecule has 0 atom stereocenters. The molecule has 0 radical (unpaired) electrons. The Balaban J connectivity index is 1.63. The number of nitrogens with zero attached hydrogens (tertiary/aromatic N) is 4. The zero-order valence-corrected chi connectivity index (χ0v) is 15.4. The molecule has 0 aliphatic rings. The summed E-state index contributed by atoms with van der Waals surface area (Å²) in [6.07, 6.45) is 7.69. The lowest BCUT2D eigenvalue weighted by molar-refractivity contribution is 0.0959. The minimum absolute atomic E-state index is 0.195. The summed E-state index contributed by atoms with van der Waals surface area (Å²) >= 11 is 1.49. The normalized spacial score (nSPS) is 11.1. The summed E-state index contributed by atoms with van der Waals surface area (Å²) in [5, 5.41) is 0.651. The summed E-state index contributed by atoms with van der Waals surface area (Å²) in [6.45, 7) is 1.70. The average molecular weight is 381 g/mol. The number of nitrogens with two attached hydrogens (primary N) is 1. The molecular formula is C19H19N5O2S. The van der Waals surface area contributed by atoms with Gasteiger partial charge < -0.3 is 14.7 Å². The van der Waals surface area contributed by atoms with E-state index in [-0.39, 0.29) is 5.91 Å². The van der Waals surface area contributed by atoms with E-state index >= 15 is 0 Å². The van der Waals surface area contributed by atoms with Gasteiger partial charge >= 0.3 is 0 Å². The molecule has 0 saturated heterocycles. The van der Waals surface area contributed by atoms with E-state index in [1.54, 1.807) is 29.6 Å². The van der Waals surface area contributed by atoms with Gasteiger partial charge in [-0.25, -0.2) is 9.97 Å². The number of imidazole rings is 1. The number of para-hydroxylation sites is 1. The van der Waals surface area contributed by atoms with E-state index in [0.717, 1.165) is 28.7 Å². The van der Waals surface area contributed by atoms with Crippen LogP contribution in [0.2, 0.25) is 0 Å². The average Bonchev–Trinajstić information content (AvgIpc) is 3.45. The van der Waals surface area contributed by atoms with Gasteiger partial charge in [0, 0.05) is 32.0 Å². The van der Waals surface area contributed by atoms with Crippen molar-refractivity contribution < 1.29 is 9.21 Å². The molecule has 27 heavy (non-hydrogen) atoms. The van der Waals surface area contributed by atoms with Crippen LogP contribution in [0.5, 0.6) is 0 Å². The maximum Gasteiger partial charge on any atom is 0.295 e. The van der Waals surface area contributed by atoms with Crippen molar-refractivity contribution >= 4 is 32.6 Å². The quantitative estimate of drug-likeness (QED) is 0.530. The third-order valence-corrected chi connectivity index (χ3v) is 5.32. The van der Waals surface area contributed by atoms with Crippen LogP contribution in [0.1, 0.15) is 22.5 Å². The molecule has 1 aromatic carbocycles. The van der Waals surface area contributed by atoms with Crippen molar-refractivity contribution in [3.05, 3.63) is 66.6 Å². The predicted octanol–water partition coefficient (Wildman–Crippen LogP) is 3.28. The third-order valence-electron chi connectivity index (χ3n) is 4.28. The number of hydrogen-bond acceptors (Lipinski definition) is 6. The molecule has 4 rings (SSSR count). The Morgan fingerprint density at radius 1 is 1.30 bits per heavy atom. The predicted molar refractivity (Wildman–Crippen MR) is 105 cm³/mol. The number of hydrogen-bond donors (Lipinski definition) is 1. The van der Waals surface area contributed by atoms with Gasteiger partial charge in [-0.2, -0.15) is 0 Å². The SMILES string of the molecule is NCc1cccc2sc(N(CCCn3ccnc3)C(=O)c3ccco3)nc12. The van der Waals surface area contributed by atoms with Crippen molar-refractivity contribution in [3.8, 4) is 0 Å². The number of aryl methyl sites for hydroxylation is 1. The first-order chi connectivity index (χ1) is 13.3. The number of aromatic nitrogens is 3. The molecule has 3 aromatic heterocycles. The summed E-state index contributed by atoms with van der Waals surface area (Å²) in [5.41, 5.74) is 7.66. The summed E-state index contributed by atoms with van der Waals surface area (Å²) in [5.74, 6) is 0.106. The van der Waals surface area contributed by atoms with Crippen LogP contribution in [-0.2, 0) is 13.1 Å². The Morgan fingerprint density at radius 2 is 2.22 bits per heavy atom. The molecule has 1 amide bonds. The van der Waals surface area contributed by atoms with E-state index in [2.05, 4.69) is 4.98 Å². The van der Waals surface area contributed by atoms with Crippen molar-refractivity contribution in [1.82, 2.24) is 14.5 Å². The number of amides is 1. The number of anilines is 1. The fourth-order valence-corrected chi connectivity index (χ4v) is 3.96. The Bertz CT molecular complexity index is 1020. The number of rotatable bonds is 7. The van der Waals surface area contributed by atoms with E-state index in [1.165, 1.54) is 17.6 Å². The molecule has 0 aliphatic heterocycles. The Morgan fingerprint density at radius 3 is 2.96 bits per heavy atom. The molecule has 0 unspecified atom stereocenters. The number of thiazole rings is 1. The number of fused-ring (bicyclic) bond motifs is 1. The highest BCUT2D eigenvalue weighted by Crippen LogP contribution is 2.31. The Labute approximate surface area is 160 Å². The molecule has 4 aromatic rings. The molecule has 138 valence electrons. The van der Waals surface area contributed by atoms with E-state index in [1.807, 2.05) is 29.0 Å². The van der Waals surface area contributed by atoms with Crippen LogP contribution in [-0.4, -0.2) is 27.0 Å². The summed E-state index contributed by atoms with van der Waals surface area (Å²) in [7, 11) is 0. The fraction of sp³-hybridized carbons (Fsp3) is 0.211. The van der Waals surface area contributed by atoms with Crippen LogP contribution in [0.15, 0.2) is 59.7 Å². The topological polar surface area (TPSA) is 90.2 Å². The van der Waals surface area contributed by atoms with Gasteiger partial charge in [0.2, 0.25) is 0 Å². The van der Waals surface area contributed by atoms with Crippen molar-refractivity contribution in [2.75, 3.05) is 11.4 Å². The van der Waals surface area contributed by atoms with E-state index in [4.69, 9.17) is 15.1 Å². The first-order valence-corrected chi connectivity index (χ1v) is 9.47. The van der Waals surface area contributed by atoms with Crippen LogP contribution in [0, 0.1) is 0 Å². The second-order valence-corrected chi connectivity index (χ2v) is 7.06. The van der Waals surface area contributed by atoms with Gasteiger partial charge in [-0.15, -0.1) is 0 Å². The molecule has 7 nitrogen and oxygen atoms in total. The van der Waals surface area contributed by atoms with Crippen LogP contribution < -0.4 is 10.6 Å². The van der Waals surface area contributed by atoms with Gasteiger partial charge in [-0.1, -0.05) is 23.5 Å². The standard InChI is InChI=1S/C19H19N5O2S/c20-12-14-4-1-6-16-17(14)22-19(27-16)24(18(25)15-5-2-11-26-15)9-3-8-23-10-7-21-13-23/h1-2,4-7,10-11,13H,3,8-9,12,20H2. The lowest BCUT2D eigenvalue weighted by atomic mass is 10.2. The summed E-state index contributed by atoms with van der Waals surface area (Å²) in [6, 6.07) is 9.30. The Kier molecular flexibility index (Phi) is 4.99. The van der Waals surface area contributed by atoms with E-state index < -0.39 is 0 Å². The van der Waals surface area contributed by atoms with E-state index in [9.17, 15) is 4.79 Å². The summed E-state index contributed by atoms with van der Waals surface area (Å²) in [4.78, 5) is 23.4. The zero-order valence-electron chi connectivity index (χ0n) is 14.6. The van der Waals surface area contributed by atoms with Crippen LogP contribution in [0.3, 0.4) is 0 Å². The molecule has 3 heterocycles. The lowest BCUT2D eigenvalue weighted by Gasteiger charge is -2.18. The van der Waals surface area contributed by atoms with Gasteiger partial charge in [-0.3, -0.25) is 9.69 Å². The monoisotopic (exact) mass is 381 g/mol. The highest BCUT2D eigenvalue weighted by atomic mass is 32.1. The van der Waals surface area contributed by atoms with Crippen molar-refractivity contribution in [3.63, 3.8) is 0 Å². The maximum absolute atomic E-state index is 13.0. The number of benzene rings is 1. The third kappa shape index (κ3) is 3.62.